The van der Waals surface area contributed by atoms with Crippen LogP contribution in [0.25, 0.3) is 0 Å². The second-order valence-electron chi connectivity index (χ2n) is 4.95. The molecule has 2 aromatic rings. The minimum absolute atomic E-state index is 0.172. The first-order chi connectivity index (χ1) is 10.6. The minimum Gasteiger partial charge on any atom is -0.360 e. The summed E-state index contributed by atoms with van der Waals surface area (Å²) in [7, 11) is 0. The molecule has 1 atom stereocenters. The lowest BCUT2D eigenvalue weighted by Gasteiger charge is -2.29. The summed E-state index contributed by atoms with van der Waals surface area (Å²) in [5.74, 6) is 1.08. The summed E-state index contributed by atoms with van der Waals surface area (Å²) in [5, 5.41) is 13.5. The highest BCUT2D eigenvalue weighted by molar-refractivity contribution is 7.07. The number of carbonyl (C=O) groups excluding carboxylic acids is 1. The number of hydrogen-bond acceptors (Lipinski definition) is 5. The Morgan fingerprint density at radius 1 is 1.45 bits per heavy atom. The maximum atomic E-state index is 12.0. The van der Waals surface area contributed by atoms with E-state index in [1.54, 1.807) is 24.3 Å². The maximum Gasteiger partial charge on any atom is 0.320 e. The molecule has 0 aliphatic heterocycles. The van der Waals surface area contributed by atoms with Gasteiger partial charge in [-0.2, -0.15) is 11.3 Å². The third-order valence-corrected chi connectivity index (χ3v) is 4.21. The fourth-order valence-electron chi connectivity index (χ4n) is 2.36. The van der Waals surface area contributed by atoms with Crippen LogP contribution in [-0.2, 0) is 0 Å². The van der Waals surface area contributed by atoms with Crippen LogP contribution in [0.1, 0.15) is 31.2 Å². The number of aryl methyl sites for hydroxylation is 1. The average molecular weight is 322 g/mol. The van der Waals surface area contributed by atoms with Gasteiger partial charge in [0.2, 0.25) is 0 Å². The van der Waals surface area contributed by atoms with E-state index in [0.717, 1.165) is 13.1 Å². The molecule has 2 N–H and O–H groups in total. The van der Waals surface area contributed by atoms with Gasteiger partial charge < -0.3 is 9.84 Å². The van der Waals surface area contributed by atoms with Crippen LogP contribution in [0.15, 0.2) is 27.4 Å². The number of aromatic nitrogens is 1. The van der Waals surface area contributed by atoms with Crippen molar-refractivity contribution in [3.05, 3.63) is 34.2 Å². The van der Waals surface area contributed by atoms with Crippen molar-refractivity contribution in [2.75, 3.05) is 25.0 Å². The summed E-state index contributed by atoms with van der Waals surface area (Å²) >= 11 is 1.67. The molecule has 2 aromatic heterocycles. The van der Waals surface area contributed by atoms with Crippen LogP contribution in [0.5, 0.6) is 0 Å². The number of nitrogens with zero attached hydrogens (tertiary/aromatic N) is 2. The molecule has 0 aliphatic carbocycles. The lowest BCUT2D eigenvalue weighted by atomic mass is 10.1. The quantitative estimate of drug-likeness (QED) is 0.821. The Kier molecular flexibility index (Phi) is 5.97. The minimum atomic E-state index is -0.277. The molecule has 6 nitrogen and oxygen atoms in total. The number of nitrogens with one attached hydrogen (secondary N) is 2. The SMILES string of the molecule is CCN(CC)[C@@H](CNC(=O)Nc1cc(C)on1)c1ccsc1. The molecule has 0 radical (unpaired) electrons. The van der Waals surface area contributed by atoms with Gasteiger partial charge in [0.15, 0.2) is 5.82 Å². The number of carbonyl (C=O) groups is 1. The van der Waals surface area contributed by atoms with Gasteiger partial charge in [-0.05, 0) is 42.4 Å². The number of thiophene rings is 1. The summed E-state index contributed by atoms with van der Waals surface area (Å²) in [5.41, 5.74) is 1.23. The lowest BCUT2D eigenvalue weighted by molar-refractivity contribution is 0.210. The van der Waals surface area contributed by atoms with Crippen molar-refractivity contribution >= 4 is 23.2 Å². The first kappa shape index (κ1) is 16.5. The summed E-state index contributed by atoms with van der Waals surface area (Å²) in [6, 6.07) is 3.68. The van der Waals surface area contributed by atoms with E-state index in [1.807, 2.05) is 0 Å². The summed E-state index contributed by atoms with van der Waals surface area (Å²) in [4.78, 5) is 14.3. The molecule has 2 amide bonds. The van der Waals surface area contributed by atoms with Crippen molar-refractivity contribution in [3.63, 3.8) is 0 Å². The molecule has 2 rings (SSSR count). The Morgan fingerprint density at radius 3 is 2.77 bits per heavy atom. The largest absolute Gasteiger partial charge is 0.360 e. The van der Waals surface area contributed by atoms with Crippen LogP contribution in [0, 0.1) is 6.92 Å². The van der Waals surface area contributed by atoms with Crippen molar-refractivity contribution in [2.24, 2.45) is 0 Å². The zero-order chi connectivity index (χ0) is 15.9. The number of rotatable bonds is 7. The predicted molar refractivity (Wildman–Crippen MR) is 88.2 cm³/mol. The van der Waals surface area contributed by atoms with E-state index < -0.39 is 0 Å². The summed E-state index contributed by atoms with van der Waals surface area (Å²) in [6.45, 7) is 8.44. The molecule has 0 saturated carbocycles. The molecule has 0 aliphatic rings. The van der Waals surface area contributed by atoms with Crippen molar-refractivity contribution in [3.8, 4) is 0 Å². The molecule has 120 valence electrons. The van der Waals surface area contributed by atoms with E-state index >= 15 is 0 Å². The zero-order valence-electron chi connectivity index (χ0n) is 13.1. The van der Waals surface area contributed by atoms with Crippen LogP contribution < -0.4 is 10.6 Å². The molecule has 2 heterocycles. The van der Waals surface area contributed by atoms with Gasteiger partial charge in [0.25, 0.3) is 0 Å². The molecule has 0 unspecified atom stereocenters. The number of anilines is 1. The Morgan fingerprint density at radius 2 is 2.23 bits per heavy atom. The highest BCUT2D eigenvalue weighted by Gasteiger charge is 2.19. The van der Waals surface area contributed by atoms with Gasteiger partial charge in [0.1, 0.15) is 5.76 Å². The van der Waals surface area contributed by atoms with Gasteiger partial charge in [-0.15, -0.1) is 0 Å². The van der Waals surface area contributed by atoms with Gasteiger partial charge in [-0.3, -0.25) is 10.2 Å². The topological polar surface area (TPSA) is 70.4 Å². The van der Waals surface area contributed by atoms with Gasteiger partial charge in [-0.25, -0.2) is 4.79 Å². The van der Waals surface area contributed by atoms with Crippen molar-refractivity contribution in [2.45, 2.75) is 26.8 Å². The molecule has 7 heteroatoms. The first-order valence-electron chi connectivity index (χ1n) is 7.38. The molecule has 0 aromatic carbocycles. The molecule has 0 spiro atoms. The number of hydrogen-bond donors (Lipinski definition) is 2. The van der Waals surface area contributed by atoms with E-state index in [0.29, 0.717) is 18.1 Å². The number of likely N-dealkylation sites (N-methyl/N-ethyl adjacent to an activating group) is 1. The summed E-state index contributed by atoms with van der Waals surface area (Å²) < 4.78 is 4.92. The molecular formula is C15H22N4O2S. The Bertz CT molecular complexity index is 578. The van der Waals surface area contributed by atoms with E-state index in [4.69, 9.17) is 4.52 Å². The van der Waals surface area contributed by atoms with Gasteiger partial charge >= 0.3 is 6.03 Å². The van der Waals surface area contributed by atoms with Crippen LogP contribution in [-0.4, -0.2) is 35.7 Å². The molecule has 0 bridgehead atoms. The number of urea groups is 1. The van der Waals surface area contributed by atoms with Crippen molar-refractivity contribution in [1.82, 2.24) is 15.4 Å². The number of amides is 2. The first-order valence-corrected chi connectivity index (χ1v) is 8.32. The normalized spacial score (nSPS) is 12.4. The predicted octanol–water partition coefficient (Wildman–Crippen LogP) is 3.25. The third kappa shape index (κ3) is 4.32. The Balaban J connectivity index is 1.94. The smallest absolute Gasteiger partial charge is 0.320 e. The van der Waals surface area contributed by atoms with Gasteiger partial charge in [-0.1, -0.05) is 19.0 Å². The van der Waals surface area contributed by atoms with Crippen LogP contribution in [0.2, 0.25) is 0 Å². The standard InChI is InChI=1S/C15H22N4O2S/c1-4-19(5-2)13(12-6-7-22-10-12)9-16-15(20)17-14-8-11(3)21-18-14/h6-8,10,13H,4-5,9H2,1-3H3,(H2,16,17,18,20)/t13-/m0/s1. The van der Waals surface area contributed by atoms with E-state index in [2.05, 4.69) is 51.4 Å². The molecule has 22 heavy (non-hydrogen) atoms. The van der Waals surface area contributed by atoms with Gasteiger partial charge in [0, 0.05) is 12.6 Å². The fourth-order valence-corrected chi connectivity index (χ4v) is 3.07. The van der Waals surface area contributed by atoms with Gasteiger partial charge in [0.05, 0.1) is 6.04 Å². The Hall–Kier alpha value is -1.86. The molecule has 0 saturated heterocycles. The second kappa shape index (κ2) is 7.95. The van der Waals surface area contributed by atoms with Crippen molar-refractivity contribution in [1.29, 1.82) is 0 Å². The van der Waals surface area contributed by atoms with E-state index in [1.165, 1.54) is 5.56 Å². The van der Waals surface area contributed by atoms with Crippen LogP contribution in [0.4, 0.5) is 10.6 Å². The molecule has 0 fully saturated rings. The maximum absolute atomic E-state index is 12.0. The highest BCUT2D eigenvalue weighted by Crippen LogP contribution is 2.22. The van der Waals surface area contributed by atoms with E-state index in [9.17, 15) is 4.79 Å². The highest BCUT2D eigenvalue weighted by atomic mass is 32.1. The Labute approximate surface area is 134 Å². The molecular weight excluding hydrogens is 300 g/mol. The average Bonchev–Trinajstić information content (AvgIpc) is 3.15. The van der Waals surface area contributed by atoms with Crippen LogP contribution in [0.3, 0.4) is 0 Å². The fraction of sp³-hybridized carbons (Fsp3) is 0.467. The lowest BCUT2D eigenvalue weighted by Crippen LogP contribution is -2.39. The zero-order valence-corrected chi connectivity index (χ0v) is 13.9. The monoisotopic (exact) mass is 322 g/mol. The third-order valence-electron chi connectivity index (χ3n) is 3.51. The summed E-state index contributed by atoms with van der Waals surface area (Å²) in [6.07, 6.45) is 0. The van der Waals surface area contributed by atoms with E-state index in [-0.39, 0.29) is 12.1 Å². The van der Waals surface area contributed by atoms with Crippen LogP contribution >= 0.6 is 11.3 Å². The second-order valence-corrected chi connectivity index (χ2v) is 5.73. The van der Waals surface area contributed by atoms with Crippen molar-refractivity contribution < 1.29 is 9.32 Å².